The van der Waals surface area contributed by atoms with Gasteiger partial charge in [-0.05, 0) is 30.7 Å². The number of carbonyl (C=O) groups is 1. The lowest BCUT2D eigenvalue weighted by Crippen LogP contribution is -1.96. The van der Waals surface area contributed by atoms with Crippen molar-refractivity contribution in [1.29, 1.82) is 0 Å². The third-order valence-corrected chi connectivity index (χ3v) is 4.38. The summed E-state index contributed by atoms with van der Waals surface area (Å²) in [6.07, 6.45) is 2.23. The molecule has 0 bridgehead atoms. The highest BCUT2D eigenvalue weighted by Crippen LogP contribution is 2.39. The van der Waals surface area contributed by atoms with Crippen LogP contribution in [-0.4, -0.2) is 27.0 Å². The molecule has 1 fully saturated rings. The molecule has 3 rings (SSSR count). The summed E-state index contributed by atoms with van der Waals surface area (Å²) in [7, 11) is 0. The van der Waals surface area contributed by atoms with Crippen molar-refractivity contribution in [2.75, 3.05) is 5.75 Å². The first-order chi connectivity index (χ1) is 9.24. The largest absolute Gasteiger partial charge is 0.478 e. The van der Waals surface area contributed by atoms with Crippen molar-refractivity contribution >= 4 is 17.7 Å². The van der Waals surface area contributed by atoms with Gasteiger partial charge in [0.2, 0.25) is 11.7 Å². The molecule has 1 saturated heterocycles. The highest BCUT2D eigenvalue weighted by atomic mass is 32.2. The molecule has 1 aliphatic heterocycles. The van der Waals surface area contributed by atoms with E-state index in [0.717, 1.165) is 12.2 Å². The molecule has 1 aromatic carbocycles. The van der Waals surface area contributed by atoms with E-state index in [1.807, 2.05) is 11.8 Å². The summed E-state index contributed by atoms with van der Waals surface area (Å²) in [5.41, 5.74) is 0.886. The Morgan fingerprint density at radius 1 is 1.47 bits per heavy atom. The Kier molecular flexibility index (Phi) is 3.25. The summed E-state index contributed by atoms with van der Waals surface area (Å²) in [6.45, 7) is 0. The quantitative estimate of drug-likeness (QED) is 0.928. The van der Waals surface area contributed by atoms with Gasteiger partial charge in [0.15, 0.2) is 0 Å². The number of carboxylic acids is 1. The molecule has 0 amide bonds. The maximum Gasteiger partial charge on any atom is 0.335 e. The van der Waals surface area contributed by atoms with Gasteiger partial charge in [0.1, 0.15) is 0 Å². The van der Waals surface area contributed by atoms with Crippen LogP contribution in [0.25, 0.3) is 11.4 Å². The van der Waals surface area contributed by atoms with Gasteiger partial charge in [-0.1, -0.05) is 17.3 Å². The first kappa shape index (κ1) is 12.2. The maximum absolute atomic E-state index is 10.9. The molecule has 0 radical (unpaired) electrons. The summed E-state index contributed by atoms with van der Waals surface area (Å²) in [6, 6.07) is 6.56. The van der Waals surface area contributed by atoms with Crippen molar-refractivity contribution in [2.24, 2.45) is 0 Å². The standard InChI is InChI=1S/C13H12N2O3S/c16-13(17)9-4-1-3-8(7-9)11-14-12(18-15-11)10-5-2-6-19-10/h1,3-4,7,10H,2,5-6H2,(H,16,17). The van der Waals surface area contributed by atoms with Gasteiger partial charge in [-0.25, -0.2) is 4.79 Å². The number of rotatable bonds is 3. The number of benzene rings is 1. The minimum Gasteiger partial charge on any atom is -0.478 e. The van der Waals surface area contributed by atoms with E-state index in [4.69, 9.17) is 9.63 Å². The Hall–Kier alpha value is -1.82. The number of nitrogens with zero attached hydrogens (tertiary/aromatic N) is 2. The minimum absolute atomic E-state index is 0.221. The molecule has 0 saturated carbocycles. The first-order valence-electron chi connectivity index (χ1n) is 6.03. The van der Waals surface area contributed by atoms with Crippen molar-refractivity contribution in [1.82, 2.24) is 10.1 Å². The third-order valence-electron chi connectivity index (χ3n) is 3.01. The molecule has 0 aliphatic carbocycles. The van der Waals surface area contributed by atoms with Crippen LogP contribution in [-0.2, 0) is 0 Å². The molecule has 19 heavy (non-hydrogen) atoms. The number of aromatic carboxylic acids is 1. The van der Waals surface area contributed by atoms with E-state index in [-0.39, 0.29) is 10.8 Å². The van der Waals surface area contributed by atoms with Gasteiger partial charge in [0, 0.05) is 5.56 Å². The number of hydrogen-bond acceptors (Lipinski definition) is 5. The summed E-state index contributed by atoms with van der Waals surface area (Å²) in [4.78, 5) is 15.3. The lowest BCUT2D eigenvalue weighted by Gasteiger charge is -1.99. The number of thioether (sulfide) groups is 1. The van der Waals surface area contributed by atoms with Gasteiger partial charge < -0.3 is 9.63 Å². The molecule has 1 N–H and O–H groups in total. The Morgan fingerprint density at radius 3 is 3.11 bits per heavy atom. The molecule has 1 unspecified atom stereocenters. The van der Waals surface area contributed by atoms with Gasteiger partial charge >= 0.3 is 5.97 Å². The van der Waals surface area contributed by atoms with E-state index in [9.17, 15) is 4.79 Å². The second-order valence-corrected chi connectivity index (χ2v) is 5.65. The van der Waals surface area contributed by atoms with Crippen LogP contribution < -0.4 is 0 Å². The molecule has 1 aliphatic rings. The van der Waals surface area contributed by atoms with Gasteiger partial charge in [-0.3, -0.25) is 0 Å². The molecule has 2 aromatic rings. The second-order valence-electron chi connectivity index (χ2n) is 4.34. The fourth-order valence-electron chi connectivity index (χ4n) is 2.05. The fourth-order valence-corrected chi connectivity index (χ4v) is 3.24. The summed E-state index contributed by atoms with van der Waals surface area (Å²) >= 11 is 1.82. The SMILES string of the molecule is O=C(O)c1cccc(-c2noc(C3CCCS3)n2)c1. The van der Waals surface area contributed by atoms with Gasteiger partial charge in [0.25, 0.3) is 0 Å². The van der Waals surface area contributed by atoms with Gasteiger partial charge in [-0.2, -0.15) is 4.98 Å². The van der Waals surface area contributed by atoms with Crippen LogP contribution in [0.1, 0.15) is 34.3 Å². The lowest BCUT2D eigenvalue weighted by atomic mass is 10.1. The van der Waals surface area contributed by atoms with E-state index in [2.05, 4.69) is 10.1 Å². The highest BCUT2D eigenvalue weighted by molar-refractivity contribution is 7.99. The molecule has 98 valence electrons. The van der Waals surface area contributed by atoms with Crippen LogP contribution in [0.2, 0.25) is 0 Å². The van der Waals surface area contributed by atoms with E-state index >= 15 is 0 Å². The molecule has 5 nitrogen and oxygen atoms in total. The first-order valence-corrected chi connectivity index (χ1v) is 7.08. The van der Waals surface area contributed by atoms with Crippen molar-refractivity contribution in [3.63, 3.8) is 0 Å². The Bertz CT molecular complexity index is 605. The number of hydrogen-bond donors (Lipinski definition) is 1. The zero-order valence-electron chi connectivity index (χ0n) is 10.1. The molecular formula is C13H12N2O3S. The van der Waals surface area contributed by atoms with Crippen molar-refractivity contribution in [3.05, 3.63) is 35.7 Å². The smallest absolute Gasteiger partial charge is 0.335 e. The van der Waals surface area contributed by atoms with Crippen LogP contribution in [0.3, 0.4) is 0 Å². The maximum atomic E-state index is 10.9. The van der Waals surface area contributed by atoms with Crippen LogP contribution >= 0.6 is 11.8 Å². The summed E-state index contributed by atoms with van der Waals surface area (Å²) in [5, 5.41) is 13.2. The fraction of sp³-hybridized carbons (Fsp3) is 0.308. The van der Waals surface area contributed by atoms with Crippen molar-refractivity contribution < 1.29 is 14.4 Å². The molecule has 6 heteroatoms. The molecule has 2 heterocycles. The monoisotopic (exact) mass is 276 g/mol. The third kappa shape index (κ3) is 2.49. The predicted octanol–water partition coefficient (Wildman–Crippen LogP) is 3.00. The zero-order chi connectivity index (χ0) is 13.2. The number of aromatic nitrogens is 2. The van der Waals surface area contributed by atoms with Crippen LogP contribution in [0.4, 0.5) is 0 Å². The predicted molar refractivity (Wildman–Crippen MR) is 71.1 cm³/mol. The molecule has 1 aromatic heterocycles. The van der Waals surface area contributed by atoms with Crippen molar-refractivity contribution in [3.8, 4) is 11.4 Å². The van der Waals surface area contributed by atoms with E-state index in [0.29, 0.717) is 17.3 Å². The zero-order valence-corrected chi connectivity index (χ0v) is 10.9. The topological polar surface area (TPSA) is 76.2 Å². The molecule has 1 atom stereocenters. The summed E-state index contributed by atoms with van der Waals surface area (Å²) in [5.74, 6) is 1.25. The van der Waals surface area contributed by atoms with Crippen LogP contribution in [0, 0.1) is 0 Å². The highest BCUT2D eigenvalue weighted by Gasteiger charge is 2.24. The average molecular weight is 276 g/mol. The average Bonchev–Trinajstić information content (AvgIpc) is 3.09. The lowest BCUT2D eigenvalue weighted by molar-refractivity contribution is 0.0697. The van der Waals surface area contributed by atoms with Crippen molar-refractivity contribution in [2.45, 2.75) is 18.1 Å². The van der Waals surface area contributed by atoms with E-state index in [1.165, 1.54) is 6.42 Å². The number of carboxylic acid groups (broad SMARTS) is 1. The Morgan fingerprint density at radius 2 is 2.37 bits per heavy atom. The van der Waals surface area contributed by atoms with E-state index in [1.54, 1.807) is 24.3 Å². The van der Waals surface area contributed by atoms with E-state index < -0.39 is 5.97 Å². The summed E-state index contributed by atoms with van der Waals surface area (Å²) < 4.78 is 5.27. The Labute approximate surface area is 114 Å². The van der Waals surface area contributed by atoms with Gasteiger partial charge in [0.05, 0.1) is 10.8 Å². The van der Waals surface area contributed by atoms with Gasteiger partial charge in [-0.15, -0.1) is 11.8 Å². The minimum atomic E-state index is -0.961. The van der Waals surface area contributed by atoms with Crippen LogP contribution in [0.15, 0.2) is 28.8 Å². The van der Waals surface area contributed by atoms with Crippen LogP contribution in [0.5, 0.6) is 0 Å². The second kappa shape index (κ2) is 5.05. The normalized spacial score (nSPS) is 18.6. The molecule has 0 spiro atoms. The Balaban J connectivity index is 1.89. The molecular weight excluding hydrogens is 264 g/mol.